The number of sulfone groups is 1. The van der Waals surface area contributed by atoms with Crippen LogP contribution in [0.4, 0.5) is 0 Å². The van der Waals surface area contributed by atoms with Crippen molar-refractivity contribution in [1.29, 1.82) is 5.26 Å². The van der Waals surface area contributed by atoms with Crippen LogP contribution in [0, 0.1) is 21.8 Å². The molecule has 0 aromatic heterocycles. The number of halogens is 1. The molecular weight excluding hydrogens is 325 g/mol. The Balaban J connectivity index is 3.43. The first kappa shape index (κ1) is 12.5. The Morgan fingerprint density at radius 1 is 1.47 bits per heavy atom. The van der Waals surface area contributed by atoms with Gasteiger partial charge >= 0.3 is 0 Å². The van der Waals surface area contributed by atoms with Crippen LogP contribution in [-0.2, 0) is 9.84 Å². The Hall–Kier alpha value is -0.610. The number of hydrogen-bond acceptors (Lipinski definition) is 3. The van der Waals surface area contributed by atoms with E-state index in [4.69, 9.17) is 5.26 Å². The van der Waals surface area contributed by atoms with Crippen molar-refractivity contribution in [3.8, 4) is 6.07 Å². The van der Waals surface area contributed by atoms with Crippen molar-refractivity contribution in [2.24, 2.45) is 0 Å². The molecule has 0 aliphatic heterocycles. The molecule has 1 aromatic rings. The minimum atomic E-state index is -3.51. The van der Waals surface area contributed by atoms with Gasteiger partial charge in [-0.2, -0.15) is 5.26 Å². The minimum absolute atomic E-state index is 0.247. The third-order valence-corrected chi connectivity index (χ3v) is 5.90. The third kappa shape index (κ3) is 2.32. The van der Waals surface area contributed by atoms with Crippen LogP contribution in [0.5, 0.6) is 0 Å². The lowest BCUT2D eigenvalue weighted by atomic mass is 10.2. The van der Waals surface area contributed by atoms with E-state index >= 15 is 0 Å². The van der Waals surface area contributed by atoms with Crippen LogP contribution in [-0.4, -0.2) is 13.7 Å². The summed E-state index contributed by atoms with van der Waals surface area (Å²) in [6.07, 6.45) is 0. The molecule has 0 aliphatic carbocycles. The van der Waals surface area contributed by atoms with E-state index in [2.05, 4.69) is 0 Å². The number of aryl methyl sites for hydroxylation is 1. The molecule has 5 heteroatoms. The number of hydrogen-bond donors (Lipinski definition) is 0. The summed E-state index contributed by atoms with van der Waals surface area (Å²) in [5.41, 5.74) is 0.904. The molecule has 0 radical (unpaired) electrons. The summed E-state index contributed by atoms with van der Waals surface area (Å²) < 4.78 is 24.5. The van der Waals surface area contributed by atoms with Crippen LogP contribution in [0.2, 0.25) is 0 Å². The van der Waals surface area contributed by atoms with Crippen molar-refractivity contribution in [1.82, 2.24) is 0 Å². The lowest BCUT2D eigenvalue weighted by Crippen LogP contribution is -2.17. The minimum Gasteiger partial charge on any atom is -0.222 e. The summed E-state index contributed by atoms with van der Waals surface area (Å²) in [5, 5.41) is 7.65. The predicted molar refractivity (Wildman–Crippen MR) is 66.2 cm³/mol. The Morgan fingerprint density at radius 3 is 2.60 bits per heavy atom. The zero-order chi connectivity index (χ0) is 11.6. The predicted octanol–water partition coefficient (Wildman–Crippen LogP) is 2.29. The first-order valence-electron chi connectivity index (χ1n) is 4.30. The lowest BCUT2D eigenvalue weighted by molar-refractivity contribution is 0.591. The maximum absolute atomic E-state index is 11.9. The van der Waals surface area contributed by atoms with Crippen LogP contribution in [0.3, 0.4) is 0 Å². The van der Waals surface area contributed by atoms with Gasteiger partial charge in [-0.1, -0.05) is 12.1 Å². The third-order valence-electron chi connectivity index (χ3n) is 2.11. The van der Waals surface area contributed by atoms with Crippen LogP contribution < -0.4 is 0 Å². The topological polar surface area (TPSA) is 57.9 Å². The van der Waals surface area contributed by atoms with Gasteiger partial charge in [-0.3, -0.25) is 0 Å². The highest BCUT2D eigenvalue weighted by molar-refractivity contribution is 14.1. The van der Waals surface area contributed by atoms with Gasteiger partial charge in [0.1, 0.15) is 5.25 Å². The van der Waals surface area contributed by atoms with Gasteiger partial charge in [-0.15, -0.1) is 0 Å². The number of nitriles is 1. The van der Waals surface area contributed by atoms with E-state index in [9.17, 15) is 8.42 Å². The first-order chi connectivity index (χ1) is 6.91. The summed E-state index contributed by atoms with van der Waals surface area (Å²) >= 11 is 1.99. The van der Waals surface area contributed by atoms with E-state index in [1.807, 2.05) is 35.6 Å². The number of nitrogens with zero attached hydrogens (tertiary/aromatic N) is 1. The van der Waals surface area contributed by atoms with Gasteiger partial charge in [0.15, 0.2) is 9.84 Å². The van der Waals surface area contributed by atoms with E-state index < -0.39 is 15.1 Å². The van der Waals surface area contributed by atoms with Gasteiger partial charge in [-0.05, 0) is 48.1 Å². The highest BCUT2D eigenvalue weighted by Gasteiger charge is 2.25. The summed E-state index contributed by atoms with van der Waals surface area (Å²) in [6.45, 7) is 3.24. The Morgan fingerprint density at radius 2 is 2.07 bits per heavy atom. The smallest absolute Gasteiger partial charge is 0.195 e. The van der Waals surface area contributed by atoms with Crippen molar-refractivity contribution < 1.29 is 8.42 Å². The molecule has 80 valence electrons. The van der Waals surface area contributed by atoms with E-state index in [-0.39, 0.29) is 4.90 Å². The number of benzene rings is 1. The molecule has 0 heterocycles. The summed E-state index contributed by atoms with van der Waals surface area (Å²) in [7, 11) is -3.51. The van der Waals surface area contributed by atoms with Gasteiger partial charge in [0.25, 0.3) is 0 Å². The van der Waals surface area contributed by atoms with Gasteiger partial charge in [-0.25, -0.2) is 8.42 Å². The zero-order valence-corrected chi connectivity index (χ0v) is 11.3. The fourth-order valence-electron chi connectivity index (χ4n) is 1.10. The Labute approximate surface area is 103 Å². The van der Waals surface area contributed by atoms with E-state index in [0.717, 1.165) is 5.56 Å². The maximum atomic E-state index is 11.9. The molecule has 0 aliphatic rings. The molecule has 0 amide bonds. The average Bonchev–Trinajstić information content (AvgIpc) is 2.20. The molecular formula is C10H10INO2S. The molecule has 3 nitrogen and oxygen atoms in total. The van der Waals surface area contributed by atoms with Crippen molar-refractivity contribution in [2.75, 3.05) is 0 Å². The molecule has 0 bridgehead atoms. The van der Waals surface area contributed by atoms with Gasteiger partial charge in [0.05, 0.1) is 11.0 Å². The second-order valence-corrected chi connectivity index (χ2v) is 6.52. The average molecular weight is 335 g/mol. The fraction of sp³-hybridized carbons (Fsp3) is 0.300. The molecule has 15 heavy (non-hydrogen) atoms. The molecule has 0 spiro atoms. The largest absolute Gasteiger partial charge is 0.222 e. The molecule has 0 saturated heterocycles. The van der Waals surface area contributed by atoms with Crippen LogP contribution in [0.1, 0.15) is 12.5 Å². The maximum Gasteiger partial charge on any atom is 0.195 e. The lowest BCUT2D eigenvalue weighted by Gasteiger charge is -2.09. The molecule has 1 aromatic carbocycles. The highest BCUT2D eigenvalue weighted by Crippen LogP contribution is 2.24. The van der Waals surface area contributed by atoms with Crippen molar-refractivity contribution >= 4 is 32.4 Å². The van der Waals surface area contributed by atoms with Crippen LogP contribution in [0.25, 0.3) is 0 Å². The molecule has 1 atom stereocenters. The van der Waals surface area contributed by atoms with Crippen molar-refractivity contribution in [3.63, 3.8) is 0 Å². The van der Waals surface area contributed by atoms with Crippen LogP contribution >= 0.6 is 22.6 Å². The van der Waals surface area contributed by atoms with E-state index in [1.165, 1.54) is 13.0 Å². The quantitative estimate of drug-likeness (QED) is 0.779. The zero-order valence-electron chi connectivity index (χ0n) is 8.36. The van der Waals surface area contributed by atoms with E-state index in [0.29, 0.717) is 3.57 Å². The Bertz CT molecular complexity index is 517. The molecule has 0 fully saturated rings. The summed E-state index contributed by atoms with van der Waals surface area (Å²) in [5.74, 6) is 0. The van der Waals surface area contributed by atoms with Gasteiger partial charge < -0.3 is 0 Å². The number of rotatable bonds is 2. The second-order valence-electron chi connectivity index (χ2n) is 3.20. The molecule has 0 saturated carbocycles. The second kappa shape index (κ2) is 4.49. The molecule has 1 rings (SSSR count). The van der Waals surface area contributed by atoms with Gasteiger partial charge in [0.2, 0.25) is 0 Å². The standard InChI is InChI=1S/C10H10INO2S/c1-7-4-3-5-9(10(7)11)15(13,14)8(2)6-12/h3-5,8H,1-2H3. The van der Waals surface area contributed by atoms with Gasteiger partial charge in [0, 0.05) is 3.57 Å². The fourth-order valence-corrected chi connectivity index (χ4v) is 3.58. The normalized spacial score (nSPS) is 13.2. The summed E-state index contributed by atoms with van der Waals surface area (Å²) in [4.78, 5) is 0.247. The summed E-state index contributed by atoms with van der Waals surface area (Å²) in [6, 6.07) is 6.83. The van der Waals surface area contributed by atoms with Crippen LogP contribution in [0.15, 0.2) is 23.1 Å². The monoisotopic (exact) mass is 335 g/mol. The highest BCUT2D eigenvalue weighted by atomic mass is 127. The first-order valence-corrected chi connectivity index (χ1v) is 6.92. The molecule has 0 N–H and O–H groups in total. The SMILES string of the molecule is Cc1cccc(S(=O)(=O)C(C)C#N)c1I. The van der Waals surface area contributed by atoms with Crippen molar-refractivity contribution in [3.05, 3.63) is 27.3 Å². The Kier molecular flexibility index (Phi) is 3.73. The van der Waals surface area contributed by atoms with E-state index in [1.54, 1.807) is 12.1 Å². The molecule has 1 unspecified atom stereocenters. The van der Waals surface area contributed by atoms with Crippen molar-refractivity contribution in [2.45, 2.75) is 24.0 Å².